The first-order chi connectivity index (χ1) is 14.7. The highest BCUT2D eigenvalue weighted by atomic mass is 16.5. The van der Waals surface area contributed by atoms with Gasteiger partial charge in [-0.2, -0.15) is 5.10 Å². The Balaban J connectivity index is 1.56. The Morgan fingerprint density at radius 2 is 1.80 bits per heavy atom. The highest BCUT2D eigenvalue weighted by Crippen LogP contribution is 2.33. The summed E-state index contributed by atoms with van der Waals surface area (Å²) >= 11 is 0. The number of hydrogen-bond donors (Lipinski definition) is 1. The number of carbonyl (C=O) groups is 1. The number of rotatable bonds is 7. The van der Waals surface area contributed by atoms with Crippen molar-refractivity contribution < 1.29 is 14.6 Å². The highest BCUT2D eigenvalue weighted by Gasteiger charge is 2.20. The van der Waals surface area contributed by atoms with Gasteiger partial charge in [0.1, 0.15) is 12.4 Å². The summed E-state index contributed by atoms with van der Waals surface area (Å²) in [5, 5.41) is 13.7. The quantitative estimate of drug-likeness (QED) is 0.513. The average Bonchev–Trinajstić information content (AvgIpc) is 3.22. The normalized spacial score (nSPS) is 14.8. The summed E-state index contributed by atoms with van der Waals surface area (Å²) < 4.78 is 7.98. The van der Waals surface area contributed by atoms with Crippen molar-refractivity contribution in [3.8, 4) is 17.0 Å². The van der Waals surface area contributed by atoms with Crippen molar-refractivity contribution in [2.75, 3.05) is 0 Å². The maximum Gasteiger partial charge on any atom is 0.328 e. The zero-order valence-corrected chi connectivity index (χ0v) is 16.9. The summed E-state index contributed by atoms with van der Waals surface area (Å²) in [6.45, 7) is 0.532. The summed E-state index contributed by atoms with van der Waals surface area (Å²) in [5.41, 5.74) is 3.87. The molecule has 3 aromatic rings. The van der Waals surface area contributed by atoms with E-state index in [1.807, 2.05) is 60.7 Å². The van der Waals surface area contributed by atoms with Gasteiger partial charge >= 0.3 is 5.97 Å². The second kappa shape index (κ2) is 9.44. The first kappa shape index (κ1) is 20.0. The number of nitrogens with zero attached hydrogens (tertiary/aromatic N) is 2. The van der Waals surface area contributed by atoms with Gasteiger partial charge in [0.05, 0.1) is 17.4 Å². The fourth-order valence-corrected chi connectivity index (χ4v) is 3.93. The van der Waals surface area contributed by atoms with Crippen LogP contribution in [0.4, 0.5) is 0 Å². The number of aromatic nitrogens is 2. The van der Waals surface area contributed by atoms with Crippen molar-refractivity contribution in [3.05, 3.63) is 78.0 Å². The minimum absolute atomic E-state index is 0.356. The summed E-state index contributed by atoms with van der Waals surface area (Å²) in [4.78, 5) is 10.9. The van der Waals surface area contributed by atoms with Crippen LogP contribution in [0.5, 0.6) is 5.75 Å². The summed E-state index contributed by atoms with van der Waals surface area (Å²) in [7, 11) is 0. The predicted octanol–water partition coefficient (Wildman–Crippen LogP) is 5.73. The number of carboxylic acid groups (broad SMARTS) is 1. The molecule has 30 heavy (non-hydrogen) atoms. The molecule has 0 radical (unpaired) electrons. The maximum absolute atomic E-state index is 10.9. The van der Waals surface area contributed by atoms with Crippen LogP contribution in [0.2, 0.25) is 0 Å². The molecule has 1 aromatic heterocycles. The molecular weight excluding hydrogens is 376 g/mol. The molecule has 0 amide bonds. The second-order valence-electron chi connectivity index (χ2n) is 7.66. The van der Waals surface area contributed by atoms with Gasteiger partial charge < -0.3 is 9.84 Å². The van der Waals surface area contributed by atoms with Crippen molar-refractivity contribution in [3.63, 3.8) is 0 Å². The number of hydrogen-bond acceptors (Lipinski definition) is 3. The van der Waals surface area contributed by atoms with Crippen LogP contribution in [-0.2, 0) is 11.4 Å². The van der Waals surface area contributed by atoms with Crippen LogP contribution in [-0.4, -0.2) is 20.9 Å². The Morgan fingerprint density at radius 3 is 2.50 bits per heavy atom. The fourth-order valence-electron chi connectivity index (χ4n) is 3.93. The SMILES string of the molecule is O=C(O)/C=C/c1cc(-c2ccc(OCc3ccccc3)cc2)n(C2CCCCC2)n1. The van der Waals surface area contributed by atoms with Crippen molar-refractivity contribution in [1.82, 2.24) is 9.78 Å². The molecule has 0 unspecified atom stereocenters. The summed E-state index contributed by atoms with van der Waals surface area (Å²) in [6, 6.07) is 20.5. The molecule has 1 fully saturated rings. The van der Waals surface area contributed by atoms with E-state index >= 15 is 0 Å². The standard InChI is InChI=1S/C25H26N2O3/c28-25(29)16-13-21-17-24(27(26-21)22-9-5-2-6-10-22)20-11-14-23(15-12-20)30-18-19-7-3-1-4-8-19/h1,3-4,7-8,11-17,22H,2,5-6,9-10,18H2,(H,28,29)/b16-13+. The smallest absolute Gasteiger partial charge is 0.328 e. The molecule has 5 nitrogen and oxygen atoms in total. The molecule has 0 spiro atoms. The van der Waals surface area contributed by atoms with Gasteiger partial charge in [-0.1, -0.05) is 49.6 Å². The summed E-state index contributed by atoms with van der Waals surface area (Å²) in [5.74, 6) is -0.152. The third-order valence-corrected chi connectivity index (χ3v) is 5.47. The third-order valence-electron chi connectivity index (χ3n) is 5.47. The molecule has 1 N–H and O–H groups in total. The number of ether oxygens (including phenoxy) is 1. The van der Waals surface area contributed by atoms with E-state index in [4.69, 9.17) is 14.9 Å². The van der Waals surface area contributed by atoms with Crippen molar-refractivity contribution >= 4 is 12.0 Å². The van der Waals surface area contributed by atoms with Gasteiger partial charge in [-0.25, -0.2) is 4.79 Å². The summed E-state index contributed by atoms with van der Waals surface area (Å²) in [6.07, 6.45) is 8.59. The molecule has 1 saturated carbocycles. The topological polar surface area (TPSA) is 64.3 Å². The van der Waals surface area contributed by atoms with Crippen LogP contribution >= 0.6 is 0 Å². The van der Waals surface area contributed by atoms with Crippen LogP contribution < -0.4 is 4.74 Å². The van der Waals surface area contributed by atoms with E-state index in [1.165, 1.54) is 19.3 Å². The maximum atomic E-state index is 10.9. The van der Waals surface area contributed by atoms with E-state index < -0.39 is 5.97 Å². The molecule has 0 bridgehead atoms. The van der Waals surface area contributed by atoms with Gasteiger partial charge in [0.15, 0.2) is 0 Å². The van der Waals surface area contributed by atoms with Crippen molar-refractivity contribution in [1.29, 1.82) is 0 Å². The Labute approximate surface area is 176 Å². The third kappa shape index (κ3) is 4.98. The Morgan fingerprint density at radius 1 is 1.07 bits per heavy atom. The highest BCUT2D eigenvalue weighted by molar-refractivity contribution is 5.85. The number of carboxylic acids is 1. The molecule has 1 heterocycles. The van der Waals surface area contributed by atoms with Crippen LogP contribution in [0.3, 0.4) is 0 Å². The minimum Gasteiger partial charge on any atom is -0.489 e. The van der Waals surface area contributed by atoms with Gasteiger partial charge in [-0.05, 0) is 54.8 Å². The molecule has 154 valence electrons. The number of benzene rings is 2. The Hall–Kier alpha value is -3.34. The van der Waals surface area contributed by atoms with E-state index in [1.54, 1.807) is 6.08 Å². The molecule has 2 aromatic carbocycles. The fraction of sp³-hybridized carbons (Fsp3) is 0.280. The van der Waals surface area contributed by atoms with E-state index in [-0.39, 0.29) is 0 Å². The van der Waals surface area contributed by atoms with Crippen molar-refractivity contribution in [2.45, 2.75) is 44.8 Å². The van der Waals surface area contributed by atoms with Gasteiger partial charge in [0.25, 0.3) is 0 Å². The van der Waals surface area contributed by atoms with Crippen LogP contribution in [0.1, 0.15) is 49.4 Å². The molecule has 4 rings (SSSR count). The average molecular weight is 402 g/mol. The largest absolute Gasteiger partial charge is 0.489 e. The zero-order chi connectivity index (χ0) is 20.8. The van der Waals surface area contributed by atoms with Gasteiger partial charge in [0.2, 0.25) is 0 Å². The lowest BCUT2D eigenvalue weighted by molar-refractivity contribution is -0.131. The van der Waals surface area contributed by atoms with Crippen LogP contribution in [0, 0.1) is 0 Å². The lowest BCUT2D eigenvalue weighted by Crippen LogP contribution is -2.15. The molecule has 1 aliphatic carbocycles. The first-order valence-corrected chi connectivity index (χ1v) is 10.5. The minimum atomic E-state index is -0.969. The van der Waals surface area contributed by atoms with Gasteiger partial charge in [-0.15, -0.1) is 0 Å². The molecule has 1 aliphatic rings. The van der Waals surface area contributed by atoms with E-state index in [0.717, 1.165) is 41.5 Å². The molecular formula is C25H26N2O3. The zero-order valence-electron chi connectivity index (χ0n) is 16.9. The Kier molecular flexibility index (Phi) is 6.28. The van der Waals surface area contributed by atoms with E-state index in [0.29, 0.717) is 18.3 Å². The number of aliphatic carboxylic acids is 1. The van der Waals surface area contributed by atoms with Gasteiger partial charge in [-0.3, -0.25) is 4.68 Å². The lowest BCUT2D eigenvalue weighted by Gasteiger charge is -2.24. The van der Waals surface area contributed by atoms with Crippen molar-refractivity contribution in [2.24, 2.45) is 0 Å². The Bertz CT molecular complexity index is 1000. The van der Waals surface area contributed by atoms with Crippen LogP contribution in [0.15, 0.2) is 66.7 Å². The first-order valence-electron chi connectivity index (χ1n) is 10.5. The van der Waals surface area contributed by atoms with Gasteiger partial charge in [0, 0.05) is 11.6 Å². The lowest BCUT2D eigenvalue weighted by atomic mass is 9.95. The molecule has 0 aliphatic heterocycles. The predicted molar refractivity (Wildman–Crippen MR) is 117 cm³/mol. The van der Waals surface area contributed by atoms with Crippen LogP contribution in [0.25, 0.3) is 17.3 Å². The molecule has 0 atom stereocenters. The second-order valence-corrected chi connectivity index (χ2v) is 7.66. The monoisotopic (exact) mass is 402 g/mol. The molecule has 5 heteroatoms. The van der Waals surface area contributed by atoms with E-state index in [2.05, 4.69) is 4.68 Å². The molecule has 0 saturated heterocycles. The van der Waals surface area contributed by atoms with E-state index in [9.17, 15) is 4.79 Å².